The zero-order valence-electron chi connectivity index (χ0n) is 14.0. The van der Waals surface area contributed by atoms with E-state index in [-0.39, 0.29) is 5.84 Å². The number of hydrogen-bond donors (Lipinski definition) is 5. The van der Waals surface area contributed by atoms with Crippen LogP contribution in [0.15, 0.2) is 42.6 Å². The van der Waals surface area contributed by atoms with Gasteiger partial charge in [-0.1, -0.05) is 5.92 Å². The van der Waals surface area contributed by atoms with Gasteiger partial charge in [-0.3, -0.25) is 5.41 Å². The van der Waals surface area contributed by atoms with Crippen LogP contribution < -0.4 is 15.8 Å². The summed E-state index contributed by atoms with van der Waals surface area (Å²) >= 11 is 0. The van der Waals surface area contributed by atoms with Crippen LogP contribution in [0.3, 0.4) is 0 Å². The van der Waals surface area contributed by atoms with Crippen LogP contribution in [-0.2, 0) is 0 Å². The van der Waals surface area contributed by atoms with Crippen LogP contribution in [0.1, 0.15) is 11.1 Å². The number of amidine groups is 1. The molecule has 8 nitrogen and oxygen atoms in total. The average Bonchev–Trinajstić information content (AvgIpc) is 2.68. The van der Waals surface area contributed by atoms with Gasteiger partial charge in [-0.25, -0.2) is 21.0 Å². The van der Waals surface area contributed by atoms with Crippen LogP contribution in [0, 0.1) is 28.8 Å². The van der Waals surface area contributed by atoms with E-state index < -0.39 is 0 Å². The van der Waals surface area contributed by atoms with Crippen LogP contribution >= 0.6 is 0 Å². The number of nitrogens with one attached hydrogen (secondary N) is 4. The highest BCUT2D eigenvalue weighted by Crippen LogP contribution is 2.25. The molecule has 0 fully saturated rings. The topological polar surface area (TPSA) is 145 Å². The molecule has 1 aromatic heterocycles. The molecule has 0 unspecified atom stereocenters. The highest BCUT2D eigenvalue weighted by Gasteiger charge is 2.07. The predicted octanol–water partition coefficient (Wildman–Crippen LogP) is 3.24. The van der Waals surface area contributed by atoms with Crippen molar-refractivity contribution in [3.63, 3.8) is 0 Å². The van der Waals surface area contributed by atoms with Gasteiger partial charge in [-0.05, 0) is 30.3 Å². The molecule has 0 aliphatic carbocycles. The minimum atomic E-state index is 0.0277. The molecule has 0 saturated heterocycles. The molecule has 0 spiro atoms. The van der Waals surface area contributed by atoms with Crippen LogP contribution in [0.2, 0.25) is 0 Å². The van der Waals surface area contributed by atoms with Gasteiger partial charge < -0.3 is 15.8 Å². The normalized spacial score (nSPS) is 9.54. The molecule has 0 atom stereocenters. The molecule has 6 N–H and O–H groups in total. The smallest absolute Gasteiger partial charge is 0.227 e. The van der Waals surface area contributed by atoms with Gasteiger partial charge >= 0.3 is 0 Å². The SMILES string of the molecule is C#Cc1cc2cnc(Nc3ccc(C(=N)N)cc3)nc2cc1OC.N=N. The van der Waals surface area contributed by atoms with Crippen molar-refractivity contribution >= 4 is 28.4 Å². The lowest BCUT2D eigenvalue weighted by Crippen LogP contribution is -2.10. The van der Waals surface area contributed by atoms with E-state index in [1.807, 2.05) is 18.2 Å². The first-order valence-corrected chi connectivity index (χ1v) is 7.38. The average molecular weight is 347 g/mol. The number of terminal acetylenes is 1. The number of benzene rings is 2. The Bertz CT molecular complexity index is 977. The summed E-state index contributed by atoms with van der Waals surface area (Å²) in [6, 6.07) is 10.7. The Morgan fingerprint density at radius 3 is 2.50 bits per heavy atom. The quantitative estimate of drug-likeness (QED) is 0.213. The zero-order chi connectivity index (χ0) is 19.1. The fraction of sp³-hybridized carbons (Fsp3) is 0.0556. The second-order valence-electron chi connectivity index (χ2n) is 5.07. The molecule has 26 heavy (non-hydrogen) atoms. The number of rotatable bonds is 4. The summed E-state index contributed by atoms with van der Waals surface area (Å²) in [5.74, 6) is 3.66. The number of methoxy groups -OCH3 is 1. The maximum absolute atomic E-state index is 7.40. The summed E-state index contributed by atoms with van der Waals surface area (Å²) in [5, 5.41) is 11.3. The van der Waals surface area contributed by atoms with Crippen LogP contribution in [0.25, 0.3) is 10.9 Å². The molecule has 3 rings (SSSR count). The molecule has 0 bridgehead atoms. The summed E-state index contributed by atoms with van der Waals surface area (Å²) in [5.41, 5.74) is 18.3. The van der Waals surface area contributed by atoms with Crippen molar-refractivity contribution in [3.05, 3.63) is 53.7 Å². The van der Waals surface area contributed by atoms with E-state index in [2.05, 4.69) is 21.2 Å². The van der Waals surface area contributed by atoms with Crippen molar-refractivity contribution in [1.29, 1.82) is 16.5 Å². The lowest BCUT2D eigenvalue weighted by Gasteiger charge is -2.08. The van der Waals surface area contributed by atoms with Gasteiger partial charge in [0.25, 0.3) is 0 Å². The number of anilines is 2. The standard InChI is InChI=1S/C18H15N5O.H2N2/c1-3-11-8-13-10-21-18(23-15(13)9-16(11)24-2)22-14-6-4-12(5-7-14)17(19)20;1-2/h1,4-10H,2H3,(H3,19,20)(H,21,22,23);1-2H. The van der Waals surface area contributed by atoms with Gasteiger partial charge in [0, 0.05) is 28.9 Å². The van der Waals surface area contributed by atoms with E-state index in [1.54, 1.807) is 31.5 Å². The zero-order valence-corrected chi connectivity index (χ0v) is 14.0. The summed E-state index contributed by atoms with van der Waals surface area (Å²) in [4.78, 5) is 8.77. The predicted molar refractivity (Wildman–Crippen MR) is 100 cm³/mol. The second kappa shape index (κ2) is 8.21. The first kappa shape index (κ1) is 18.4. The highest BCUT2D eigenvalue weighted by atomic mass is 16.5. The first-order chi connectivity index (χ1) is 12.6. The lowest BCUT2D eigenvalue weighted by atomic mass is 10.1. The summed E-state index contributed by atoms with van der Waals surface area (Å²) in [6.45, 7) is 0. The van der Waals surface area contributed by atoms with Crippen molar-refractivity contribution in [1.82, 2.24) is 9.97 Å². The fourth-order valence-corrected chi connectivity index (χ4v) is 2.26. The Morgan fingerprint density at radius 2 is 1.92 bits per heavy atom. The van der Waals surface area contributed by atoms with Gasteiger partial charge in [0.1, 0.15) is 11.6 Å². The van der Waals surface area contributed by atoms with Gasteiger partial charge in [-0.2, -0.15) is 0 Å². The minimum Gasteiger partial charge on any atom is -0.495 e. The van der Waals surface area contributed by atoms with Gasteiger partial charge in [0.2, 0.25) is 5.95 Å². The van der Waals surface area contributed by atoms with Gasteiger partial charge in [0.05, 0.1) is 18.2 Å². The van der Waals surface area contributed by atoms with E-state index >= 15 is 0 Å². The molecule has 8 heteroatoms. The number of nitrogens with zero attached hydrogens (tertiary/aromatic N) is 2. The summed E-state index contributed by atoms with van der Waals surface area (Å²) in [6.07, 6.45) is 7.18. The van der Waals surface area contributed by atoms with Crippen LogP contribution in [0.4, 0.5) is 11.6 Å². The number of nitrogens with two attached hydrogens (primary N) is 1. The number of aromatic nitrogens is 2. The molecule has 0 aliphatic rings. The number of ether oxygens (including phenoxy) is 1. The second-order valence-corrected chi connectivity index (χ2v) is 5.07. The summed E-state index contributed by atoms with van der Waals surface area (Å²) in [7, 11) is 1.57. The molecule has 0 amide bonds. The molecule has 3 aromatic rings. The third-order valence-corrected chi connectivity index (χ3v) is 3.51. The maximum atomic E-state index is 7.40. The Labute approximate surface area is 150 Å². The molecule has 2 aromatic carbocycles. The van der Waals surface area contributed by atoms with E-state index in [0.717, 1.165) is 16.6 Å². The third-order valence-electron chi connectivity index (χ3n) is 3.51. The molecule has 1 heterocycles. The Morgan fingerprint density at radius 1 is 1.23 bits per heavy atom. The molecule has 130 valence electrons. The largest absolute Gasteiger partial charge is 0.495 e. The van der Waals surface area contributed by atoms with Crippen molar-refractivity contribution in [2.45, 2.75) is 0 Å². The van der Waals surface area contributed by atoms with Crippen molar-refractivity contribution in [2.75, 3.05) is 12.4 Å². The molecular formula is C18H17N7O. The Kier molecular flexibility index (Phi) is 5.79. The van der Waals surface area contributed by atoms with Crippen molar-refractivity contribution in [2.24, 2.45) is 5.73 Å². The van der Waals surface area contributed by atoms with E-state index in [0.29, 0.717) is 22.8 Å². The number of fused-ring (bicyclic) bond motifs is 1. The van der Waals surface area contributed by atoms with E-state index in [1.165, 1.54) is 0 Å². The van der Waals surface area contributed by atoms with Gasteiger partial charge in [-0.15, -0.1) is 6.42 Å². The molecule has 0 saturated carbocycles. The van der Waals surface area contributed by atoms with Crippen LogP contribution in [0.5, 0.6) is 5.75 Å². The highest BCUT2D eigenvalue weighted by molar-refractivity contribution is 5.95. The Hall–Kier alpha value is -3.99. The molecule has 0 radical (unpaired) electrons. The summed E-state index contributed by atoms with van der Waals surface area (Å²) < 4.78 is 5.28. The van der Waals surface area contributed by atoms with E-state index in [9.17, 15) is 0 Å². The van der Waals surface area contributed by atoms with E-state index in [4.69, 9.17) is 33.4 Å². The van der Waals surface area contributed by atoms with Crippen molar-refractivity contribution < 1.29 is 4.74 Å². The molecule has 0 aliphatic heterocycles. The maximum Gasteiger partial charge on any atom is 0.227 e. The monoisotopic (exact) mass is 347 g/mol. The number of hydrogen-bond acceptors (Lipinski definition) is 7. The van der Waals surface area contributed by atoms with Gasteiger partial charge in [0.15, 0.2) is 0 Å². The minimum absolute atomic E-state index is 0.0277. The van der Waals surface area contributed by atoms with Crippen LogP contribution in [-0.4, -0.2) is 22.9 Å². The van der Waals surface area contributed by atoms with Crippen molar-refractivity contribution in [3.8, 4) is 18.1 Å². The Balaban J connectivity index is 0.00000117. The lowest BCUT2D eigenvalue weighted by molar-refractivity contribution is 0.414. The number of nitrogen functional groups attached to an aromatic ring is 1. The first-order valence-electron chi connectivity index (χ1n) is 7.38. The molecular weight excluding hydrogens is 330 g/mol. The fourth-order valence-electron chi connectivity index (χ4n) is 2.26. The third kappa shape index (κ3) is 3.91.